The Kier molecular flexibility index (Phi) is 8.35. The van der Waals surface area contributed by atoms with Crippen LogP contribution in [0, 0.1) is 17.3 Å². The zero-order valence-corrected chi connectivity index (χ0v) is 14.7. The first-order valence-electron chi connectivity index (χ1n) is 8.85. The molecule has 4 heteroatoms. The van der Waals surface area contributed by atoms with Crippen LogP contribution in [-0.2, 0) is 14.3 Å². The lowest BCUT2D eigenvalue weighted by molar-refractivity contribution is -0.155. The number of allylic oxidation sites excluding steroid dienone is 1. The Labute approximate surface area is 140 Å². The molecule has 0 spiro atoms. The number of hydrogen-bond donors (Lipinski definition) is 1. The fourth-order valence-electron chi connectivity index (χ4n) is 3.30. The molecule has 1 rings (SSSR count). The van der Waals surface area contributed by atoms with Gasteiger partial charge in [-0.2, -0.15) is 0 Å². The summed E-state index contributed by atoms with van der Waals surface area (Å²) in [7, 11) is 0. The Balaban J connectivity index is 2.43. The number of esters is 1. The van der Waals surface area contributed by atoms with Gasteiger partial charge in [0.05, 0.1) is 18.9 Å². The summed E-state index contributed by atoms with van der Waals surface area (Å²) in [4.78, 5) is 23.6. The molecule has 0 aromatic carbocycles. The number of ether oxygens (including phenoxy) is 1. The summed E-state index contributed by atoms with van der Waals surface area (Å²) in [5, 5.41) is 9.43. The van der Waals surface area contributed by atoms with E-state index in [1.165, 1.54) is 6.42 Å². The number of carboxylic acid groups (broad SMARTS) is 1. The molecule has 1 aliphatic carbocycles. The van der Waals surface area contributed by atoms with Crippen LogP contribution in [0.25, 0.3) is 0 Å². The molecule has 0 amide bonds. The zero-order valence-electron chi connectivity index (χ0n) is 14.7. The number of unbranched alkanes of at least 4 members (excludes halogenated alkanes) is 1. The van der Waals surface area contributed by atoms with E-state index in [0.717, 1.165) is 44.9 Å². The third-order valence-corrected chi connectivity index (χ3v) is 4.81. The van der Waals surface area contributed by atoms with Crippen molar-refractivity contribution in [2.75, 3.05) is 6.61 Å². The lowest BCUT2D eigenvalue weighted by Crippen LogP contribution is -2.30. The average Bonchev–Trinajstić information content (AvgIpc) is 2.51. The second-order valence-corrected chi connectivity index (χ2v) is 7.55. The van der Waals surface area contributed by atoms with Crippen molar-refractivity contribution >= 4 is 11.9 Å². The van der Waals surface area contributed by atoms with E-state index < -0.39 is 11.9 Å². The third kappa shape index (κ3) is 7.67. The molecule has 1 fully saturated rings. The first-order chi connectivity index (χ1) is 10.9. The average molecular weight is 324 g/mol. The van der Waals surface area contributed by atoms with E-state index in [4.69, 9.17) is 4.74 Å². The van der Waals surface area contributed by atoms with Crippen LogP contribution in [-0.4, -0.2) is 23.7 Å². The molecule has 0 bridgehead atoms. The van der Waals surface area contributed by atoms with E-state index in [9.17, 15) is 14.7 Å². The van der Waals surface area contributed by atoms with Gasteiger partial charge in [0.15, 0.2) is 0 Å². The third-order valence-electron chi connectivity index (χ3n) is 4.81. The Morgan fingerprint density at radius 1 is 1.30 bits per heavy atom. The summed E-state index contributed by atoms with van der Waals surface area (Å²) < 4.78 is 5.38. The van der Waals surface area contributed by atoms with Crippen LogP contribution in [0.3, 0.4) is 0 Å². The first-order valence-corrected chi connectivity index (χ1v) is 8.85. The molecular formula is C19H32O4. The second kappa shape index (κ2) is 9.74. The van der Waals surface area contributed by atoms with Gasteiger partial charge in [-0.1, -0.05) is 39.2 Å². The van der Waals surface area contributed by atoms with Crippen molar-refractivity contribution in [1.29, 1.82) is 0 Å². The number of rotatable bonds is 10. The molecule has 0 unspecified atom stereocenters. The van der Waals surface area contributed by atoms with Crippen molar-refractivity contribution in [1.82, 2.24) is 0 Å². The maximum Gasteiger partial charge on any atom is 0.307 e. The fourth-order valence-corrected chi connectivity index (χ4v) is 3.30. The highest BCUT2D eigenvalue weighted by atomic mass is 16.5. The minimum atomic E-state index is -0.862. The van der Waals surface area contributed by atoms with E-state index in [1.807, 2.05) is 6.08 Å². The summed E-state index contributed by atoms with van der Waals surface area (Å²) in [5.41, 5.74) is -0.0811. The molecule has 1 N–H and O–H groups in total. The van der Waals surface area contributed by atoms with Crippen molar-refractivity contribution in [2.24, 2.45) is 17.3 Å². The lowest BCUT2D eigenvalue weighted by atomic mass is 9.78. The summed E-state index contributed by atoms with van der Waals surface area (Å²) in [6.07, 6.45) is 9.97. The van der Waals surface area contributed by atoms with Crippen molar-refractivity contribution in [3.63, 3.8) is 0 Å². The van der Waals surface area contributed by atoms with Gasteiger partial charge in [-0.3, -0.25) is 9.59 Å². The van der Waals surface area contributed by atoms with Crippen LogP contribution < -0.4 is 0 Å². The minimum Gasteiger partial charge on any atom is -0.481 e. The van der Waals surface area contributed by atoms with Gasteiger partial charge < -0.3 is 9.84 Å². The minimum absolute atomic E-state index is 0.00272. The van der Waals surface area contributed by atoms with Gasteiger partial charge >= 0.3 is 11.9 Å². The van der Waals surface area contributed by atoms with Crippen LogP contribution in [0.2, 0.25) is 0 Å². The number of aliphatic carboxylic acids is 1. The molecule has 0 aliphatic heterocycles. The highest BCUT2D eigenvalue weighted by Crippen LogP contribution is 2.32. The summed E-state index contributed by atoms with van der Waals surface area (Å²) in [6.45, 7) is 8.19. The Morgan fingerprint density at radius 3 is 2.52 bits per heavy atom. The van der Waals surface area contributed by atoms with Crippen molar-refractivity contribution in [3.05, 3.63) is 12.7 Å². The second-order valence-electron chi connectivity index (χ2n) is 7.55. The van der Waals surface area contributed by atoms with Gasteiger partial charge in [-0.25, -0.2) is 0 Å². The quantitative estimate of drug-likeness (QED) is 0.363. The van der Waals surface area contributed by atoms with Crippen molar-refractivity contribution in [2.45, 2.75) is 71.6 Å². The molecule has 1 atom stereocenters. The van der Waals surface area contributed by atoms with Crippen LogP contribution in [0.15, 0.2) is 12.7 Å². The standard InChI is InChI=1S/C19H32O4/c1-4-5-9-12-19(2,3)14-23-17(20)13-16(18(21)22)15-10-7-6-8-11-15/h4,15-16H,1,5-14H2,2-3H3,(H,21,22)/t16-/m0/s1. The zero-order chi connectivity index (χ0) is 17.3. The number of carbonyl (C=O) groups is 2. The molecule has 132 valence electrons. The first kappa shape index (κ1) is 19.7. The van der Waals surface area contributed by atoms with Gasteiger partial charge in [-0.05, 0) is 43.4 Å². The van der Waals surface area contributed by atoms with Crippen molar-refractivity contribution < 1.29 is 19.4 Å². The Bertz CT molecular complexity index is 394. The molecule has 0 aromatic heterocycles. The van der Waals surface area contributed by atoms with Crippen LogP contribution in [0.4, 0.5) is 0 Å². The number of hydrogen-bond acceptors (Lipinski definition) is 3. The highest BCUT2D eigenvalue weighted by molar-refractivity contribution is 5.79. The molecule has 1 aliphatic rings. The molecular weight excluding hydrogens is 292 g/mol. The molecule has 4 nitrogen and oxygen atoms in total. The summed E-state index contributed by atoms with van der Waals surface area (Å²) in [6, 6.07) is 0. The van der Waals surface area contributed by atoms with Gasteiger partial charge in [0.2, 0.25) is 0 Å². The molecule has 1 saturated carbocycles. The van der Waals surface area contributed by atoms with E-state index in [1.54, 1.807) is 0 Å². The Morgan fingerprint density at radius 2 is 1.96 bits per heavy atom. The van der Waals surface area contributed by atoms with Crippen LogP contribution >= 0.6 is 0 Å². The van der Waals surface area contributed by atoms with E-state index in [2.05, 4.69) is 20.4 Å². The van der Waals surface area contributed by atoms with E-state index >= 15 is 0 Å². The molecule has 0 heterocycles. The van der Waals surface area contributed by atoms with Crippen LogP contribution in [0.5, 0.6) is 0 Å². The molecule has 0 aromatic rings. The van der Waals surface area contributed by atoms with Gasteiger partial charge in [0.1, 0.15) is 0 Å². The monoisotopic (exact) mass is 324 g/mol. The highest BCUT2D eigenvalue weighted by Gasteiger charge is 2.32. The topological polar surface area (TPSA) is 63.6 Å². The number of carboxylic acids is 1. The Hall–Kier alpha value is -1.32. The van der Waals surface area contributed by atoms with Gasteiger partial charge in [0, 0.05) is 0 Å². The summed E-state index contributed by atoms with van der Waals surface area (Å²) in [5.74, 6) is -1.71. The SMILES string of the molecule is C=CCCCC(C)(C)COC(=O)C[C@H](C(=O)O)C1CCCCC1. The van der Waals surface area contributed by atoms with E-state index in [-0.39, 0.29) is 23.7 Å². The molecule has 0 saturated heterocycles. The summed E-state index contributed by atoms with van der Waals surface area (Å²) >= 11 is 0. The maximum absolute atomic E-state index is 12.1. The predicted molar refractivity (Wildman–Crippen MR) is 91.1 cm³/mol. The largest absolute Gasteiger partial charge is 0.481 e. The molecule has 23 heavy (non-hydrogen) atoms. The molecule has 0 radical (unpaired) electrons. The maximum atomic E-state index is 12.1. The predicted octanol–water partition coefficient (Wildman–Crippen LogP) is 4.58. The van der Waals surface area contributed by atoms with E-state index in [0.29, 0.717) is 6.61 Å². The van der Waals surface area contributed by atoms with Crippen molar-refractivity contribution in [3.8, 4) is 0 Å². The smallest absolute Gasteiger partial charge is 0.307 e. The normalized spacial score (nSPS) is 17.5. The van der Waals surface area contributed by atoms with Gasteiger partial charge in [0.25, 0.3) is 0 Å². The van der Waals surface area contributed by atoms with Crippen LogP contribution in [0.1, 0.15) is 71.6 Å². The fraction of sp³-hybridized carbons (Fsp3) is 0.789. The lowest BCUT2D eigenvalue weighted by Gasteiger charge is -2.28. The van der Waals surface area contributed by atoms with Gasteiger partial charge in [-0.15, -0.1) is 6.58 Å². The number of carbonyl (C=O) groups excluding carboxylic acids is 1.